The minimum absolute atomic E-state index is 0.0496. The molecule has 1 heterocycles. The summed E-state index contributed by atoms with van der Waals surface area (Å²) in [4.78, 5) is 17.2. The third-order valence-corrected chi connectivity index (χ3v) is 5.11. The number of carbonyl (C=O) groups is 1. The minimum Gasteiger partial charge on any atom is -0.382 e. The molecule has 4 N–H and O–H groups in total. The second-order valence-electron chi connectivity index (χ2n) is 6.68. The van der Waals surface area contributed by atoms with Crippen LogP contribution >= 0.6 is 11.3 Å². The SMILES string of the molecule is CC(C)CNc1nc(N)c(C(=O)NC(C2CC2)C2CC2)s1. The zero-order chi connectivity index (χ0) is 15.0. The van der Waals surface area contributed by atoms with Crippen LogP contribution in [0.2, 0.25) is 0 Å². The quantitative estimate of drug-likeness (QED) is 0.723. The molecule has 0 aromatic carbocycles. The van der Waals surface area contributed by atoms with Crippen LogP contribution < -0.4 is 16.4 Å². The number of hydrogen-bond acceptors (Lipinski definition) is 5. The van der Waals surface area contributed by atoms with E-state index < -0.39 is 0 Å². The summed E-state index contributed by atoms with van der Waals surface area (Å²) in [6.07, 6.45) is 5.00. The molecule has 2 fully saturated rings. The first-order chi connectivity index (χ1) is 10.0. The van der Waals surface area contributed by atoms with Crippen molar-refractivity contribution in [1.29, 1.82) is 0 Å². The van der Waals surface area contributed by atoms with Gasteiger partial charge in [-0.15, -0.1) is 0 Å². The highest BCUT2D eigenvalue weighted by Gasteiger charge is 2.42. The third kappa shape index (κ3) is 3.67. The fraction of sp³-hybridized carbons (Fsp3) is 0.733. The van der Waals surface area contributed by atoms with Crippen LogP contribution in [0.4, 0.5) is 10.9 Å². The van der Waals surface area contributed by atoms with Gasteiger partial charge in [0.1, 0.15) is 10.7 Å². The fourth-order valence-electron chi connectivity index (χ4n) is 2.61. The zero-order valence-electron chi connectivity index (χ0n) is 12.7. The molecule has 2 aliphatic rings. The lowest BCUT2D eigenvalue weighted by Gasteiger charge is -2.16. The van der Waals surface area contributed by atoms with Crippen molar-refractivity contribution >= 4 is 28.2 Å². The predicted molar refractivity (Wildman–Crippen MR) is 86.6 cm³/mol. The summed E-state index contributed by atoms with van der Waals surface area (Å²) in [6.45, 7) is 5.10. The van der Waals surface area contributed by atoms with E-state index in [1.807, 2.05) is 0 Å². The summed E-state index contributed by atoms with van der Waals surface area (Å²) in [7, 11) is 0. The van der Waals surface area contributed by atoms with Gasteiger partial charge in [-0.05, 0) is 43.4 Å². The summed E-state index contributed by atoms with van der Waals surface area (Å²) in [5.41, 5.74) is 5.91. The number of thiazole rings is 1. The highest BCUT2D eigenvalue weighted by Crippen LogP contribution is 2.44. The first kappa shape index (κ1) is 14.6. The standard InChI is InChI=1S/C15H24N4OS/c1-8(2)7-17-15-19-13(16)12(21-15)14(20)18-11(9-3-4-9)10-5-6-10/h8-11H,3-7,16H2,1-2H3,(H,17,19)(H,18,20). The van der Waals surface area contributed by atoms with E-state index in [1.54, 1.807) is 0 Å². The maximum Gasteiger partial charge on any atom is 0.265 e. The molecule has 2 saturated carbocycles. The molecular weight excluding hydrogens is 284 g/mol. The predicted octanol–water partition coefficient (Wildman–Crippen LogP) is 2.71. The van der Waals surface area contributed by atoms with Crippen LogP contribution in [0.3, 0.4) is 0 Å². The Morgan fingerprint density at radius 3 is 2.48 bits per heavy atom. The molecule has 0 unspecified atom stereocenters. The first-order valence-corrected chi connectivity index (χ1v) is 8.67. The summed E-state index contributed by atoms with van der Waals surface area (Å²) < 4.78 is 0. The summed E-state index contributed by atoms with van der Waals surface area (Å²) >= 11 is 1.36. The van der Waals surface area contributed by atoms with E-state index >= 15 is 0 Å². The van der Waals surface area contributed by atoms with Gasteiger partial charge in [-0.25, -0.2) is 4.98 Å². The van der Waals surface area contributed by atoms with Crippen LogP contribution in [-0.2, 0) is 0 Å². The van der Waals surface area contributed by atoms with Crippen LogP contribution in [0.1, 0.15) is 49.2 Å². The Labute approximate surface area is 129 Å². The van der Waals surface area contributed by atoms with Gasteiger partial charge in [0.2, 0.25) is 0 Å². The Hall–Kier alpha value is -1.30. The molecule has 0 aliphatic heterocycles. The summed E-state index contributed by atoms with van der Waals surface area (Å²) in [5, 5.41) is 7.17. The molecule has 1 aromatic heterocycles. The molecule has 0 bridgehead atoms. The van der Waals surface area contributed by atoms with Crippen molar-refractivity contribution in [2.24, 2.45) is 17.8 Å². The lowest BCUT2D eigenvalue weighted by molar-refractivity contribution is 0.0931. The highest BCUT2D eigenvalue weighted by molar-refractivity contribution is 7.18. The second kappa shape index (κ2) is 5.83. The second-order valence-corrected chi connectivity index (χ2v) is 7.68. The molecule has 0 spiro atoms. The number of amides is 1. The minimum atomic E-state index is -0.0496. The highest BCUT2D eigenvalue weighted by atomic mass is 32.1. The Balaban J connectivity index is 1.63. The third-order valence-electron chi connectivity index (χ3n) is 4.08. The molecule has 3 rings (SSSR count). The Bertz CT molecular complexity index is 508. The first-order valence-electron chi connectivity index (χ1n) is 7.85. The van der Waals surface area contributed by atoms with Gasteiger partial charge >= 0.3 is 0 Å². The number of carbonyl (C=O) groups excluding carboxylic acids is 1. The molecule has 5 nitrogen and oxygen atoms in total. The number of nitrogen functional groups attached to an aromatic ring is 1. The number of anilines is 2. The molecule has 0 saturated heterocycles. The van der Waals surface area contributed by atoms with E-state index in [9.17, 15) is 4.79 Å². The van der Waals surface area contributed by atoms with Gasteiger partial charge in [-0.3, -0.25) is 4.79 Å². The maximum absolute atomic E-state index is 12.4. The van der Waals surface area contributed by atoms with E-state index in [-0.39, 0.29) is 5.91 Å². The van der Waals surface area contributed by atoms with Gasteiger partial charge in [0.05, 0.1) is 0 Å². The smallest absolute Gasteiger partial charge is 0.265 e. The number of hydrogen-bond donors (Lipinski definition) is 3. The van der Waals surface area contributed by atoms with E-state index in [4.69, 9.17) is 5.73 Å². The Morgan fingerprint density at radius 1 is 1.33 bits per heavy atom. The van der Waals surface area contributed by atoms with Gasteiger partial charge in [0.25, 0.3) is 5.91 Å². The van der Waals surface area contributed by atoms with Crippen LogP contribution in [0.25, 0.3) is 0 Å². The molecule has 21 heavy (non-hydrogen) atoms. The van der Waals surface area contributed by atoms with E-state index in [2.05, 4.69) is 29.5 Å². The Kier molecular flexibility index (Phi) is 4.06. The number of nitrogens with two attached hydrogens (primary N) is 1. The maximum atomic E-state index is 12.4. The largest absolute Gasteiger partial charge is 0.382 e. The van der Waals surface area contributed by atoms with Crippen molar-refractivity contribution in [3.05, 3.63) is 4.88 Å². The lowest BCUT2D eigenvalue weighted by Crippen LogP contribution is -2.38. The van der Waals surface area contributed by atoms with Crippen molar-refractivity contribution in [3.63, 3.8) is 0 Å². The molecule has 116 valence electrons. The normalized spacial score (nSPS) is 18.3. The van der Waals surface area contributed by atoms with Gasteiger partial charge in [0, 0.05) is 12.6 Å². The number of rotatable bonds is 7. The van der Waals surface area contributed by atoms with E-state index in [1.165, 1.54) is 37.0 Å². The average Bonchev–Trinajstić information content (AvgIpc) is 3.32. The molecule has 1 aromatic rings. The van der Waals surface area contributed by atoms with Crippen LogP contribution in [0, 0.1) is 17.8 Å². The monoisotopic (exact) mass is 308 g/mol. The summed E-state index contributed by atoms with van der Waals surface area (Å²) in [5.74, 6) is 2.20. The topological polar surface area (TPSA) is 80.0 Å². The molecule has 0 radical (unpaired) electrons. The van der Waals surface area contributed by atoms with Crippen LogP contribution in [0.15, 0.2) is 0 Å². The van der Waals surface area contributed by atoms with Crippen LogP contribution in [0.5, 0.6) is 0 Å². The van der Waals surface area contributed by atoms with Gasteiger partial charge in [-0.1, -0.05) is 25.2 Å². The lowest BCUT2D eigenvalue weighted by atomic mass is 10.1. The number of aromatic nitrogens is 1. The van der Waals surface area contributed by atoms with Gasteiger partial charge in [0.15, 0.2) is 5.13 Å². The van der Waals surface area contributed by atoms with Gasteiger partial charge < -0.3 is 16.4 Å². The zero-order valence-corrected chi connectivity index (χ0v) is 13.5. The molecule has 6 heteroatoms. The molecule has 2 aliphatic carbocycles. The fourth-order valence-corrected chi connectivity index (χ4v) is 3.40. The average molecular weight is 308 g/mol. The molecular formula is C15H24N4OS. The van der Waals surface area contributed by atoms with Crippen molar-refractivity contribution in [1.82, 2.24) is 10.3 Å². The molecule has 0 atom stereocenters. The van der Waals surface area contributed by atoms with Crippen LogP contribution in [-0.4, -0.2) is 23.5 Å². The summed E-state index contributed by atoms with van der Waals surface area (Å²) in [6, 6.07) is 0.353. The van der Waals surface area contributed by atoms with Crippen molar-refractivity contribution < 1.29 is 4.79 Å². The van der Waals surface area contributed by atoms with E-state index in [0.717, 1.165) is 11.7 Å². The van der Waals surface area contributed by atoms with Crippen molar-refractivity contribution in [2.45, 2.75) is 45.6 Å². The Morgan fingerprint density at radius 2 is 1.95 bits per heavy atom. The van der Waals surface area contributed by atoms with Crippen molar-refractivity contribution in [2.75, 3.05) is 17.6 Å². The number of nitrogens with zero attached hydrogens (tertiary/aromatic N) is 1. The number of nitrogens with one attached hydrogen (secondary N) is 2. The van der Waals surface area contributed by atoms with E-state index in [0.29, 0.717) is 34.5 Å². The molecule has 1 amide bonds. The van der Waals surface area contributed by atoms with Crippen molar-refractivity contribution in [3.8, 4) is 0 Å². The van der Waals surface area contributed by atoms with Gasteiger partial charge in [-0.2, -0.15) is 0 Å².